The van der Waals surface area contributed by atoms with Gasteiger partial charge in [-0.15, -0.1) is 0 Å². The Bertz CT molecular complexity index is 1150. The number of halogens is 2. The van der Waals surface area contributed by atoms with E-state index in [-0.39, 0.29) is 17.4 Å². The number of alkyl halides is 2. The lowest BCUT2D eigenvalue weighted by Gasteiger charge is -2.29. The van der Waals surface area contributed by atoms with Crippen LogP contribution in [0.3, 0.4) is 0 Å². The maximum atomic E-state index is 13.3. The molecule has 1 aromatic heterocycles. The number of benzene rings is 2. The number of amides is 1. The van der Waals surface area contributed by atoms with Crippen LogP contribution >= 0.6 is 0 Å². The van der Waals surface area contributed by atoms with Gasteiger partial charge in [0.15, 0.2) is 11.5 Å². The van der Waals surface area contributed by atoms with Crippen LogP contribution in [0.25, 0.3) is 10.9 Å². The Morgan fingerprint density at radius 3 is 2.79 bits per heavy atom. The van der Waals surface area contributed by atoms with Gasteiger partial charge in [0, 0.05) is 42.7 Å². The molecule has 0 radical (unpaired) electrons. The Kier molecular flexibility index (Phi) is 7.03. The molecule has 6 nitrogen and oxygen atoms in total. The molecule has 0 atom stereocenters. The first-order chi connectivity index (χ1) is 16.0. The van der Waals surface area contributed by atoms with E-state index in [2.05, 4.69) is 21.9 Å². The van der Waals surface area contributed by atoms with Crippen molar-refractivity contribution in [3.63, 3.8) is 0 Å². The maximum absolute atomic E-state index is 13.3. The number of carbonyl (C=O) groups is 1. The molecule has 1 aliphatic rings. The van der Waals surface area contributed by atoms with Crippen LogP contribution in [0.1, 0.15) is 34.1 Å². The number of ether oxygens (including phenoxy) is 2. The van der Waals surface area contributed by atoms with Gasteiger partial charge in [-0.1, -0.05) is 31.2 Å². The topological polar surface area (TPSA) is 63.7 Å². The van der Waals surface area contributed by atoms with Gasteiger partial charge < -0.3 is 14.8 Å². The van der Waals surface area contributed by atoms with Crippen molar-refractivity contribution in [3.05, 3.63) is 64.8 Å². The van der Waals surface area contributed by atoms with E-state index in [1.807, 2.05) is 24.3 Å². The molecule has 0 saturated heterocycles. The first-order valence-corrected chi connectivity index (χ1v) is 11.0. The van der Waals surface area contributed by atoms with E-state index in [1.54, 1.807) is 12.1 Å². The number of hydrogen-bond donors (Lipinski definition) is 1. The van der Waals surface area contributed by atoms with Crippen LogP contribution in [0.5, 0.6) is 11.5 Å². The Labute approximate surface area is 191 Å². The standard InChI is InChI=1S/C25H27F2N3O3/c1-3-30-13-11-20-18(15-30)23(17-6-4-5-7-19(17)29-20)24(31)28-12-10-16-8-9-21(33-25(26)27)22(14-16)32-2/h4-9,14,25H,3,10-13,15H2,1-2H3,(H,28,31). The van der Waals surface area contributed by atoms with Gasteiger partial charge >= 0.3 is 6.61 Å². The molecule has 4 rings (SSSR count). The largest absolute Gasteiger partial charge is 0.493 e. The number of aromatic nitrogens is 1. The first kappa shape index (κ1) is 22.9. The zero-order valence-corrected chi connectivity index (χ0v) is 18.7. The number of likely N-dealkylation sites (N-methyl/N-ethyl adjacent to an activating group) is 1. The summed E-state index contributed by atoms with van der Waals surface area (Å²) in [5.74, 6) is 0.0797. The molecule has 1 N–H and O–H groups in total. The Hall–Kier alpha value is -3.26. The summed E-state index contributed by atoms with van der Waals surface area (Å²) in [5, 5.41) is 3.88. The van der Waals surface area contributed by atoms with Gasteiger partial charge in [-0.05, 0) is 36.7 Å². The van der Waals surface area contributed by atoms with E-state index in [0.717, 1.165) is 47.2 Å². The number of para-hydroxylation sites is 1. The minimum atomic E-state index is -2.92. The lowest BCUT2D eigenvalue weighted by Crippen LogP contribution is -2.34. The second-order valence-electron chi connectivity index (χ2n) is 7.92. The third kappa shape index (κ3) is 5.06. The highest BCUT2D eigenvalue weighted by molar-refractivity contribution is 6.07. The summed E-state index contributed by atoms with van der Waals surface area (Å²) in [5.41, 5.74) is 4.34. The van der Waals surface area contributed by atoms with E-state index in [4.69, 9.17) is 9.72 Å². The number of pyridine rings is 1. The van der Waals surface area contributed by atoms with Crippen LogP contribution < -0.4 is 14.8 Å². The average Bonchev–Trinajstić information content (AvgIpc) is 2.82. The molecule has 1 aliphatic heterocycles. The monoisotopic (exact) mass is 455 g/mol. The highest BCUT2D eigenvalue weighted by atomic mass is 19.3. The van der Waals surface area contributed by atoms with E-state index in [9.17, 15) is 13.6 Å². The fraction of sp³-hybridized carbons (Fsp3) is 0.360. The summed E-state index contributed by atoms with van der Waals surface area (Å²) in [6.07, 6.45) is 1.34. The SMILES string of the molecule is CCN1CCc2nc3ccccc3c(C(=O)NCCc3ccc(OC(F)F)c(OC)c3)c2C1. The fourth-order valence-electron chi connectivity index (χ4n) is 4.24. The summed E-state index contributed by atoms with van der Waals surface area (Å²) in [6.45, 7) is 2.14. The third-order valence-electron chi connectivity index (χ3n) is 5.94. The molecule has 0 saturated carbocycles. The molecule has 0 aliphatic carbocycles. The number of carbonyl (C=O) groups excluding carboxylic acids is 1. The molecule has 2 heterocycles. The van der Waals surface area contributed by atoms with Crippen molar-refractivity contribution in [1.82, 2.24) is 15.2 Å². The zero-order chi connectivity index (χ0) is 23.4. The van der Waals surface area contributed by atoms with Crippen molar-refractivity contribution < 1.29 is 23.0 Å². The van der Waals surface area contributed by atoms with Gasteiger partial charge in [0.25, 0.3) is 5.91 Å². The van der Waals surface area contributed by atoms with Crippen molar-refractivity contribution in [2.75, 3.05) is 26.7 Å². The predicted octanol–water partition coefficient (Wildman–Crippen LogP) is 4.20. The number of hydrogen-bond acceptors (Lipinski definition) is 5. The molecule has 0 unspecified atom stereocenters. The van der Waals surface area contributed by atoms with Crippen LogP contribution in [0.2, 0.25) is 0 Å². The van der Waals surface area contributed by atoms with Gasteiger partial charge in [0.1, 0.15) is 0 Å². The number of nitrogens with zero attached hydrogens (tertiary/aromatic N) is 2. The first-order valence-electron chi connectivity index (χ1n) is 11.0. The average molecular weight is 456 g/mol. The molecule has 8 heteroatoms. The lowest BCUT2D eigenvalue weighted by molar-refractivity contribution is -0.0512. The van der Waals surface area contributed by atoms with Gasteiger partial charge in [-0.3, -0.25) is 14.7 Å². The number of rotatable bonds is 8. The second kappa shape index (κ2) is 10.1. The van der Waals surface area contributed by atoms with E-state index in [0.29, 0.717) is 25.1 Å². The van der Waals surface area contributed by atoms with Gasteiger partial charge in [-0.2, -0.15) is 8.78 Å². The smallest absolute Gasteiger partial charge is 0.387 e. The van der Waals surface area contributed by atoms with Crippen LogP contribution in [0, 0.1) is 0 Å². The van der Waals surface area contributed by atoms with Crippen molar-refractivity contribution in [1.29, 1.82) is 0 Å². The number of methoxy groups -OCH3 is 1. The molecule has 0 spiro atoms. The van der Waals surface area contributed by atoms with E-state index in [1.165, 1.54) is 13.2 Å². The molecule has 3 aromatic rings. The van der Waals surface area contributed by atoms with Crippen LogP contribution in [-0.4, -0.2) is 49.1 Å². The van der Waals surface area contributed by atoms with Gasteiger partial charge in [0.2, 0.25) is 0 Å². The van der Waals surface area contributed by atoms with Crippen LogP contribution in [-0.2, 0) is 19.4 Å². The molecule has 0 bridgehead atoms. The normalized spacial score (nSPS) is 13.7. The lowest BCUT2D eigenvalue weighted by atomic mass is 9.95. The third-order valence-corrected chi connectivity index (χ3v) is 5.94. The minimum Gasteiger partial charge on any atom is -0.493 e. The van der Waals surface area contributed by atoms with Gasteiger partial charge in [-0.25, -0.2) is 0 Å². The van der Waals surface area contributed by atoms with Crippen molar-refractivity contribution in [2.45, 2.75) is 32.9 Å². The summed E-state index contributed by atoms with van der Waals surface area (Å²) in [7, 11) is 1.40. The van der Waals surface area contributed by atoms with E-state index < -0.39 is 6.61 Å². The molecule has 0 fully saturated rings. The van der Waals surface area contributed by atoms with Gasteiger partial charge in [0.05, 0.1) is 18.2 Å². The molecule has 33 heavy (non-hydrogen) atoms. The van der Waals surface area contributed by atoms with Crippen LogP contribution in [0.15, 0.2) is 42.5 Å². The number of fused-ring (bicyclic) bond motifs is 2. The molecule has 174 valence electrons. The maximum Gasteiger partial charge on any atom is 0.387 e. The Morgan fingerprint density at radius 2 is 2.03 bits per heavy atom. The van der Waals surface area contributed by atoms with Crippen LogP contribution in [0.4, 0.5) is 8.78 Å². The Balaban J connectivity index is 1.53. The summed E-state index contributed by atoms with van der Waals surface area (Å²) in [4.78, 5) is 20.5. The summed E-state index contributed by atoms with van der Waals surface area (Å²) >= 11 is 0. The summed E-state index contributed by atoms with van der Waals surface area (Å²) in [6, 6.07) is 12.5. The highest BCUT2D eigenvalue weighted by Crippen LogP contribution is 2.30. The molecule has 2 aromatic carbocycles. The van der Waals surface area contributed by atoms with Crippen molar-refractivity contribution >= 4 is 16.8 Å². The van der Waals surface area contributed by atoms with Crippen molar-refractivity contribution in [2.24, 2.45) is 0 Å². The summed E-state index contributed by atoms with van der Waals surface area (Å²) < 4.78 is 34.7. The molecular weight excluding hydrogens is 428 g/mol. The minimum absolute atomic E-state index is 0.0179. The molecular formula is C25H27F2N3O3. The van der Waals surface area contributed by atoms with Crippen molar-refractivity contribution in [3.8, 4) is 11.5 Å². The predicted molar refractivity (Wildman–Crippen MR) is 122 cm³/mol. The highest BCUT2D eigenvalue weighted by Gasteiger charge is 2.25. The quantitative estimate of drug-likeness (QED) is 0.552. The zero-order valence-electron chi connectivity index (χ0n) is 18.7. The molecule has 1 amide bonds. The van der Waals surface area contributed by atoms with E-state index >= 15 is 0 Å². The second-order valence-corrected chi connectivity index (χ2v) is 7.92. The fourth-order valence-corrected chi connectivity index (χ4v) is 4.24. The Morgan fingerprint density at radius 1 is 1.21 bits per heavy atom. The number of nitrogens with one attached hydrogen (secondary N) is 1.